The average Bonchev–Trinajstić information content (AvgIpc) is 2.76. The van der Waals surface area contributed by atoms with Gasteiger partial charge in [-0.25, -0.2) is 15.6 Å². The summed E-state index contributed by atoms with van der Waals surface area (Å²) in [6, 6.07) is 14.4. The van der Waals surface area contributed by atoms with E-state index in [1.54, 1.807) is 25.2 Å². The van der Waals surface area contributed by atoms with Gasteiger partial charge < -0.3 is 19.1 Å². The molecule has 2 aromatic rings. The van der Waals surface area contributed by atoms with Gasteiger partial charge in [-0.15, -0.1) is 0 Å². The van der Waals surface area contributed by atoms with Gasteiger partial charge in [0.15, 0.2) is 11.5 Å². The van der Waals surface area contributed by atoms with Crippen molar-refractivity contribution >= 4 is 17.7 Å². The van der Waals surface area contributed by atoms with Crippen LogP contribution in [0.5, 0.6) is 11.5 Å². The number of hydrogen-bond acceptors (Lipinski definition) is 6. The van der Waals surface area contributed by atoms with Crippen molar-refractivity contribution in [1.82, 2.24) is 4.90 Å². The molecule has 0 atom stereocenters. The van der Waals surface area contributed by atoms with E-state index in [1.807, 2.05) is 30.3 Å². The maximum atomic E-state index is 12.4. The van der Waals surface area contributed by atoms with E-state index in [0.717, 1.165) is 10.6 Å². The Balaban J connectivity index is 1.78. The number of ether oxygens (including phenoxy) is 3. The van der Waals surface area contributed by atoms with Crippen molar-refractivity contribution in [3.8, 4) is 11.5 Å². The zero-order valence-corrected chi connectivity index (χ0v) is 17.0. The van der Waals surface area contributed by atoms with Crippen LogP contribution in [0.3, 0.4) is 0 Å². The van der Waals surface area contributed by atoms with E-state index in [2.05, 4.69) is 0 Å². The maximum Gasteiger partial charge on any atom is 0.409 e. The summed E-state index contributed by atoms with van der Waals surface area (Å²) in [7, 11) is 4.67. The van der Waals surface area contributed by atoms with Crippen LogP contribution in [0.2, 0.25) is 0 Å². The summed E-state index contributed by atoms with van der Waals surface area (Å²) >= 11 is 0. The number of carbonyl (C=O) groups excluding carboxylic acids is 2. The second-order valence-corrected chi connectivity index (χ2v) is 6.37. The smallest absolute Gasteiger partial charge is 0.409 e. The van der Waals surface area contributed by atoms with Crippen LogP contribution in [0, 0.1) is 0 Å². The molecule has 8 nitrogen and oxygen atoms in total. The van der Waals surface area contributed by atoms with E-state index >= 15 is 0 Å². The largest absolute Gasteiger partial charge is 0.493 e. The molecule has 8 heteroatoms. The third-order valence-electron chi connectivity index (χ3n) is 4.31. The van der Waals surface area contributed by atoms with Gasteiger partial charge in [0.1, 0.15) is 6.61 Å². The zero-order valence-electron chi connectivity index (χ0n) is 17.0. The second-order valence-electron chi connectivity index (χ2n) is 6.37. The highest BCUT2D eigenvalue weighted by molar-refractivity contribution is 5.92. The Hall–Kier alpha value is -3.26. The first kappa shape index (κ1) is 22.0. The van der Waals surface area contributed by atoms with Gasteiger partial charge in [0.05, 0.1) is 19.9 Å². The van der Waals surface area contributed by atoms with Gasteiger partial charge in [-0.05, 0) is 24.1 Å². The normalized spacial score (nSPS) is 10.2. The minimum Gasteiger partial charge on any atom is -0.493 e. The van der Waals surface area contributed by atoms with Crippen LogP contribution in [0.1, 0.15) is 18.4 Å². The van der Waals surface area contributed by atoms with Crippen LogP contribution in [0.25, 0.3) is 0 Å². The first-order valence-corrected chi connectivity index (χ1v) is 9.17. The number of hydrogen-bond donors (Lipinski definition) is 1. The quantitative estimate of drug-likeness (QED) is 0.394. The molecule has 0 aromatic heterocycles. The van der Waals surface area contributed by atoms with Crippen molar-refractivity contribution < 1.29 is 23.8 Å². The predicted octanol–water partition coefficient (Wildman–Crippen LogP) is 2.96. The fraction of sp³-hybridized carbons (Fsp3) is 0.333. The number of hydrazine groups is 1. The van der Waals surface area contributed by atoms with E-state index in [-0.39, 0.29) is 18.9 Å². The molecule has 0 saturated carbocycles. The molecule has 2 amide bonds. The summed E-state index contributed by atoms with van der Waals surface area (Å²) in [5.41, 5.74) is 1.40. The molecule has 0 radical (unpaired) electrons. The molecule has 0 saturated heterocycles. The number of nitrogens with two attached hydrogens (primary N) is 1. The number of nitrogens with zero attached hydrogens (tertiary/aromatic N) is 2. The lowest BCUT2D eigenvalue weighted by Gasteiger charge is -2.20. The van der Waals surface area contributed by atoms with Crippen molar-refractivity contribution in [2.24, 2.45) is 5.84 Å². The minimum absolute atomic E-state index is 0.182. The molecule has 2 aromatic carbocycles. The molecule has 0 aliphatic rings. The SMILES string of the molecule is COc1ccc(N(N)C(=O)CCCN(C)C(=O)OCc2ccccc2)cc1OC. The third-order valence-corrected chi connectivity index (χ3v) is 4.31. The Bertz CT molecular complexity index is 813. The molecule has 0 spiro atoms. The lowest BCUT2D eigenvalue weighted by atomic mass is 10.2. The first-order chi connectivity index (χ1) is 14.0. The average molecular weight is 401 g/mol. The highest BCUT2D eigenvalue weighted by Gasteiger charge is 2.16. The van der Waals surface area contributed by atoms with E-state index in [9.17, 15) is 9.59 Å². The highest BCUT2D eigenvalue weighted by Crippen LogP contribution is 2.30. The second kappa shape index (κ2) is 10.9. The van der Waals surface area contributed by atoms with Crippen molar-refractivity contribution in [1.29, 1.82) is 0 Å². The highest BCUT2D eigenvalue weighted by atomic mass is 16.6. The molecule has 0 aliphatic carbocycles. The summed E-state index contributed by atoms with van der Waals surface area (Å²) in [6.07, 6.45) is 0.198. The molecule has 2 N–H and O–H groups in total. The minimum atomic E-state index is -0.439. The summed E-state index contributed by atoms with van der Waals surface area (Å²) in [5.74, 6) is 6.68. The van der Waals surface area contributed by atoms with Crippen LogP contribution in [0.15, 0.2) is 48.5 Å². The van der Waals surface area contributed by atoms with Gasteiger partial charge in [0.2, 0.25) is 5.91 Å². The van der Waals surface area contributed by atoms with Gasteiger partial charge in [-0.3, -0.25) is 4.79 Å². The fourth-order valence-electron chi connectivity index (χ4n) is 2.63. The van der Waals surface area contributed by atoms with Gasteiger partial charge in [-0.1, -0.05) is 30.3 Å². The molecular formula is C21H27N3O5. The predicted molar refractivity (Wildman–Crippen MR) is 110 cm³/mol. The first-order valence-electron chi connectivity index (χ1n) is 9.17. The molecule has 2 rings (SSSR count). The van der Waals surface area contributed by atoms with Crippen molar-refractivity contribution in [2.45, 2.75) is 19.4 Å². The lowest BCUT2D eigenvalue weighted by Crippen LogP contribution is -2.38. The Kier molecular flexibility index (Phi) is 8.29. The van der Waals surface area contributed by atoms with Crippen molar-refractivity contribution in [3.63, 3.8) is 0 Å². The van der Waals surface area contributed by atoms with Crippen LogP contribution in [-0.4, -0.2) is 44.7 Å². The molecule has 0 heterocycles. The Morgan fingerprint density at radius 3 is 2.34 bits per heavy atom. The van der Waals surface area contributed by atoms with Crippen LogP contribution in [-0.2, 0) is 16.1 Å². The number of benzene rings is 2. The number of methoxy groups -OCH3 is 2. The number of anilines is 1. The number of amides is 2. The lowest BCUT2D eigenvalue weighted by molar-refractivity contribution is -0.118. The molecule has 0 bridgehead atoms. The van der Waals surface area contributed by atoms with Crippen LogP contribution < -0.4 is 20.3 Å². The van der Waals surface area contributed by atoms with Gasteiger partial charge in [0.25, 0.3) is 0 Å². The Morgan fingerprint density at radius 1 is 1.00 bits per heavy atom. The standard InChI is InChI=1S/C21H27N3O5/c1-23(21(26)29-15-16-8-5-4-6-9-16)13-7-10-20(25)24(22)17-11-12-18(27-2)19(14-17)28-3/h4-6,8-9,11-12,14H,7,10,13,15,22H2,1-3H3. The molecule has 156 valence electrons. The molecule has 0 fully saturated rings. The molecule has 0 unspecified atom stereocenters. The molecule has 29 heavy (non-hydrogen) atoms. The number of rotatable bonds is 9. The third kappa shape index (κ3) is 6.39. The topological polar surface area (TPSA) is 94.3 Å². The molecular weight excluding hydrogens is 374 g/mol. The summed E-state index contributed by atoms with van der Waals surface area (Å²) in [4.78, 5) is 25.8. The zero-order chi connectivity index (χ0) is 21.2. The van der Waals surface area contributed by atoms with Crippen molar-refractivity contribution in [3.05, 3.63) is 54.1 Å². The Labute approximate surface area is 170 Å². The van der Waals surface area contributed by atoms with Crippen LogP contribution in [0.4, 0.5) is 10.5 Å². The summed E-state index contributed by atoms with van der Waals surface area (Å²) in [6.45, 7) is 0.581. The summed E-state index contributed by atoms with van der Waals surface area (Å²) in [5, 5.41) is 1.07. The summed E-state index contributed by atoms with van der Waals surface area (Å²) < 4.78 is 15.7. The van der Waals surface area contributed by atoms with Gasteiger partial charge >= 0.3 is 6.09 Å². The molecule has 0 aliphatic heterocycles. The van der Waals surface area contributed by atoms with Gasteiger partial charge in [-0.2, -0.15) is 0 Å². The van der Waals surface area contributed by atoms with E-state index in [4.69, 9.17) is 20.1 Å². The monoisotopic (exact) mass is 401 g/mol. The van der Waals surface area contributed by atoms with E-state index in [1.165, 1.54) is 19.1 Å². The van der Waals surface area contributed by atoms with Crippen molar-refractivity contribution in [2.75, 3.05) is 32.8 Å². The van der Waals surface area contributed by atoms with Gasteiger partial charge in [0, 0.05) is 26.1 Å². The maximum absolute atomic E-state index is 12.4. The Morgan fingerprint density at radius 2 is 1.69 bits per heavy atom. The fourth-order valence-corrected chi connectivity index (χ4v) is 2.63. The van der Waals surface area contributed by atoms with E-state index in [0.29, 0.717) is 30.2 Å². The van der Waals surface area contributed by atoms with Crippen LogP contribution >= 0.6 is 0 Å². The van der Waals surface area contributed by atoms with E-state index < -0.39 is 6.09 Å². The number of carbonyl (C=O) groups is 2.